The molecule has 0 amide bonds. The molecule has 6 nitrogen and oxygen atoms in total. The van der Waals surface area contributed by atoms with Crippen LogP contribution < -0.4 is 0 Å². The molecule has 0 unspecified atom stereocenters. The van der Waals surface area contributed by atoms with Crippen LogP contribution in [-0.4, -0.2) is 30.1 Å². The Balaban J connectivity index is 1.53. The molecule has 0 aliphatic heterocycles. The van der Waals surface area contributed by atoms with Crippen molar-refractivity contribution in [3.05, 3.63) is 72.6 Å². The van der Waals surface area contributed by atoms with Crippen LogP contribution in [0.2, 0.25) is 0 Å². The molecule has 29 heavy (non-hydrogen) atoms. The van der Waals surface area contributed by atoms with Gasteiger partial charge in [-0.05, 0) is 35.7 Å². The lowest BCUT2D eigenvalue weighted by Gasteiger charge is -2.00. The number of benzene rings is 1. The fourth-order valence-electron chi connectivity index (χ4n) is 3.62. The predicted octanol–water partition coefficient (Wildman–Crippen LogP) is 5.29. The molecular formula is C22H14N6S. The smallest absolute Gasteiger partial charge is 0.116 e. The topological polar surface area (TPSA) is 83.1 Å². The molecule has 138 valence electrons. The molecular weight excluding hydrogens is 380 g/mol. The van der Waals surface area contributed by atoms with Gasteiger partial charge in [-0.3, -0.25) is 20.1 Å². The zero-order valence-electron chi connectivity index (χ0n) is 15.1. The van der Waals surface area contributed by atoms with Crippen molar-refractivity contribution in [2.75, 3.05) is 0 Å². The van der Waals surface area contributed by atoms with Crippen molar-refractivity contribution in [3.8, 4) is 33.2 Å². The van der Waals surface area contributed by atoms with Gasteiger partial charge in [-0.15, -0.1) is 11.3 Å². The van der Waals surface area contributed by atoms with Crippen molar-refractivity contribution in [3.63, 3.8) is 0 Å². The summed E-state index contributed by atoms with van der Waals surface area (Å²) in [5.74, 6) is 0. The standard InChI is InChI=1S/C22H14N6S/c1-2-20(29-9-1)22-15-11-18(26-16(15)5-6-25-22)21-14-10-13(3-4-17(14)27-28-21)19-12-23-7-8-24-19/h1-12,26H,(H,27,28). The maximum Gasteiger partial charge on any atom is 0.116 e. The van der Waals surface area contributed by atoms with E-state index >= 15 is 0 Å². The maximum absolute atomic E-state index is 4.61. The van der Waals surface area contributed by atoms with Gasteiger partial charge in [0.25, 0.3) is 0 Å². The van der Waals surface area contributed by atoms with E-state index in [2.05, 4.69) is 53.7 Å². The van der Waals surface area contributed by atoms with E-state index in [1.54, 1.807) is 29.9 Å². The van der Waals surface area contributed by atoms with Crippen molar-refractivity contribution < 1.29 is 0 Å². The average molecular weight is 394 g/mol. The van der Waals surface area contributed by atoms with Gasteiger partial charge in [-0.2, -0.15) is 5.10 Å². The molecule has 0 radical (unpaired) electrons. The third kappa shape index (κ3) is 2.63. The highest BCUT2D eigenvalue weighted by atomic mass is 32.1. The minimum atomic E-state index is 0.836. The Morgan fingerprint density at radius 2 is 1.79 bits per heavy atom. The second-order valence-electron chi connectivity index (χ2n) is 6.70. The number of fused-ring (bicyclic) bond motifs is 2. The van der Waals surface area contributed by atoms with E-state index < -0.39 is 0 Å². The number of hydrogen-bond donors (Lipinski definition) is 2. The Hall–Kier alpha value is -3.84. The highest BCUT2D eigenvalue weighted by Crippen LogP contribution is 2.35. The maximum atomic E-state index is 4.61. The van der Waals surface area contributed by atoms with Crippen LogP contribution in [0.1, 0.15) is 0 Å². The molecule has 1 aromatic carbocycles. The van der Waals surface area contributed by atoms with Crippen LogP contribution in [0.3, 0.4) is 0 Å². The molecule has 0 fully saturated rings. The van der Waals surface area contributed by atoms with Gasteiger partial charge in [-0.25, -0.2) is 0 Å². The van der Waals surface area contributed by atoms with Gasteiger partial charge in [0, 0.05) is 40.4 Å². The third-order valence-corrected chi connectivity index (χ3v) is 5.86. The van der Waals surface area contributed by atoms with Crippen molar-refractivity contribution in [1.29, 1.82) is 0 Å². The highest BCUT2D eigenvalue weighted by molar-refractivity contribution is 7.13. The number of H-pyrrole nitrogens is 2. The number of hydrogen-bond acceptors (Lipinski definition) is 5. The molecule has 0 atom stereocenters. The van der Waals surface area contributed by atoms with Crippen LogP contribution in [0, 0.1) is 0 Å². The molecule has 0 bridgehead atoms. The van der Waals surface area contributed by atoms with E-state index in [1.165, 1.54) is 0 Å². The van der Waals surface area contributed by atoms with Crippen LogP contribution >= 0.6 is 11.3 Å². The summed E-state index contributed by atoms with van der Waals surface area (Å²) in [4.78, 5) is 17.8. The summed E-state index contributed by atoms with van der Waals surface area (Å²) in [6, 6.07) is 14.4. The Morgan fingerprint density at radius 3 is 2.66 bits per heavy atom. The number of pyridine rings is 1. The lowest BCUT2D eigenvalue weighted by molar-refractivity contribution is 1.12. The summed E-state index contributed by atoms with van der Waals surface area (Å²) in [6.45, 7) is 0. The van der Waals surface area contributed by atoms with Crippen LogP contribution in [0.15, 0.2) is 72.6 Å². The Labute approximate surface area is 169 Å². The molecule has 5 aromatic heterocycles. The second kappa shape index (κ2) is 6.35. The minimum Gasteiger partial charge on any atom is -0.353 e. The Kier molecular flexibility index (Phi) is 3.54. The number of nitrogens with one attached hydrogen (secondary N) is 2. The highest BCUT2D eigenvalue weighted by Gasteiger charge is 2.15. The fraction of sp³-hybridized carbons (Fsp3) is 0. The van der Waals surface area contributed by atoms with Crippen LogP contribution in [0.4, 0.5) is 0 Å². The minimum absolute atomic E-state index is 0.836. The van der Waals surface area contributed by atoms with Gasteiger partial charge in [0.05, 0.1) is 33.7 Å². The van der Waals surface area contributed by atoms with Crippen molar-refractivity contribution in [2.24, 2.45) is 0 Å². The Morgan fingerprint density at radius 1 is 0.828 bits per heavy atom. The third-order valence-electron chi connectivity index (χ3n) is 4.98. The summed E-state index contributed by atoms with van der Waals surface area (Å²) in [5.41, 5.74) is 6.67. The summed E-state index contributed by atoms with van der Waals surface area (Å²) in [5, 5.41) is 11.9. The summed E-state index contributed by atoms with van der Waals surface area (Å²) < 4.78 is 0. The molecule has 6 aromatic rings. The molecule has 2 N–H and O–H groups in total. The van der Waals surface area contributed by atoms with Gasteiger partial charge in [0.2, 0.25) is 0 Å². The van der Waals surface area contributed by atoms with E-state index in [9.17, 15) is 0 Å². The van der Waals surface area contributed by atoms with E-state index in [1.807, 2.05) is 30.5 Å². The monoisotopic (exact) mass is 394 g/mol. The normalized spacial score (nSPS) is 11.4. The first-order valence-corrected chi connectivity index (χ1v) is 10.0. The van der Waals surface area contributed by atoms with Gasteiger partial charge in [0.1, 0.15) is 5.69 Å². The second-order valence-corrected chi connectivity index (χ2v) is 7.65. The Bertz CT molecular complexity index is 1450. The number of thiophene rings is 1. The van der Waals surface area contributed by atoms with E-state index in [4.69, 9.17) is 0 Å². The van der Waals surface area contributed by atoms with Crippen molar-refractivity contribution in [2.45, 2.75) is 0 Å². The zero-order chi connectivity index (χ0) is 19.2. The molecule has 0 spiro atoms. The molecule has 5 heterocycles. The first-order chi connectivity index (χ1) is 14.4. The zero-order valence-corrected chi connectivity index (χ0v) is 15.9. The molecule has 7 heteroatoms. The number of rotatable bonds is 3. The van der Waals surface area contributed by atoms with Crippen LogP contribution in [0.25, 0.3) is 55.0 Å². The molecule has 0 aliphatic rings. The summed E-state index contributed by atoms with van der Waals surface area (Å²) in [7, 11) is 0. The molecule has 0 saturated heterocycles. The number of nitrogens with zero attached hydrogens (tertiary/aromatic N) is 4. The molecule has 0 saturated carbocycles. The van der Waals surface area contributed by atoms with E-state index in [-0.39, 0.29) is 0 Å². The van der Waals surface area contributed by atoms with Crippen molar-refractivity contribution in [1.82, 2.24) is 30.1 Å². The first-order valence-electron chi connectivity index (χ1n) is 9.13. The molecule has 0 aliphatic carbocycles. The molecule has 6 rings (SSSR count). The number of aromatic amines is 2. The largest absolute Gasteiger partial charge is 0.353 e. The first kappa shape index (κ1) is 16.1. The fourth-order valence-corrected chi connectivity index (χ4v) is 4.35. The van der Waals surface area contributed by atoms with E-state index in [0.717, 1.165) is 55.0 Å². The van der Waals surface area contributed by atoms with Gasteiger partial charge in [0.15, 0.2) is 0 Å². The van der Waals surface area contributed by atoms with Crippen molar-refractivity contribution >= 4 is 33.1 Å². The quantitative estimate of drug-likeness (QED) is 0.427. The SMILES string of the molecule is c1csc(-c2nccc3[nH]c(-c4n[nH]c5ccc(-c6cnccn6)cc45)cc23)c1. The van der Waals surface area contributed by atoms with Gasteiger partial charge in [-0.1, -0.05) is 12.1 Å². The van der Waals surface area contributed by atoms with E-state index in [0.29, 0.717) is 0 Å². The average Bonchev–Trinajstić information content (AvgIpc) is 3.52. The lowest BCUT2D eigenvalue weighted by Crippen LogP contribution is -1.84. The predicted molar refractivity (Wildman–Crippen MR) is 116 cm³/mol. The van der Waals surface area contributed by atoms with Crippen LogP contribution in [0.5, 0.6) is 0 Å². The van der Waals surface area contributed by atoms with Gasteiger partial charge >= 0.3 is 0 Å². The van der Waals surface area contributed by atoms with Crippen LogP contribution in [-0.2, 0) is 0 Å². The summed E-state index contributed by atoms with van der Waals surface area (Å²) >= 11 is 1.69. The lowest BCUT2D eigenvalue weighted by atomic mass is 10.1. The summed E-state index contributed by atoms with van der Waals surface area (Å²) in [6.07, 6.45) is 6.98. The number of aromatic nitrogens is 6. The van der Waals surface area contributed by atoms with Gasteiger partial charge < -0.3 is 4.98 Å².